The second-order valence-corrected chi connectivity index (χ2v) is 5.28. The fourth-order valence-electron chi connectivity index (χ4n) is 2.91. The zero-order valence-electron chi connectivity index (χ0n) is 13.3. The maximum Gasteiger partial charge on any atom is 0.123 e. The van der Waals surface area contributed by atoms with Crippen LogP contribution in [-0.2, 0) is 16.9 Å². The van der Waals surface area contributed by atoms with Crippen LogP contribution in [0, 0.1) is 17.1 Å². The van der Waals surface area contributed by atoms with E-state index in [2.05, 4.69) is 24.7 Å². The van der Waals surface area contributed by atoms with Gasteiger partial charge in [-0.3, -0.25) is 0 Å². The molecule has 0 aromatic heterocycles. The van der Waals surface area contributed by atoms with Crippen molar-refractivity contribution in [1.29, 1.82) is 5.26 Å². The number of nitriles is 1. The largest absolute Gasteiger partial charge is 0.361 e. The third-order valence-electron chi connectivity index (χ3n) is 3.95. The Kier molecular flexibility index (Phi) is 5.25. The Bertz CT molecular complexity index is 734. The molecule has 0 saturated heterocycles. The topological polar surface area (TPSA) is 45.4 Å². The van der Waals surface area contributed by atoms with Gasteiger partial charge in [0.2, 0.25) is 0 Å². The molecule has 0 aliphatic carbocycles. The van der Waals surface area contributed by atoms with Crippen LogP contribution in [0.25, 0.3) is 0 Å². The second-order valence-electron chi connectivity index (χ2n) is 5.28. The first-order chi connectivity index (χ1) is 11.1. The van der Waals surface area contributed by atoms with Crippen molar-refractivity contribution in [2.45, 2.75) is 25.6 Å². The molecule has 1 aliphatic rings. The van der Waals surface area contributed by atoms with Crippen molar-refractivity contribution in [2.75, 3.05) is 7.05 Å². The maximum atomic E-state index is 13.1. The second kappa shape index (κ2) is 7.17. The van der Waals surface area contributed by atoms with Gasteiger partial charge in [-0.15, -0.1) is 0 Å². The summed E-state index contributed by atoms with van der Waals surface area (Å²) in [6.07, 6.45) is 0.761. The number of hydrogen-bond donors (Lipinski definition) is 0. The number of rotatable bonds is 2. The van der Waals surface area contributed by atoms with Crippen LogP contribution in [0.4, 0.5) is 4.39 Å². The fraction of sp³-hybridized carbons (Fsp3) is 0.263. The molecule has 2 aromatic carbocycles. The van der Waals surface area contributed by atoms with Gasteiger partial charge in [0, 0.05) is 7.05 Å². The Morgan fingerprint density at radius 2 is 1.96 bits per heavy atom. The number of halogens is 1. The highest BCUT2D eigenvalue weighted by atomic mass is 19.1. The number of aliphatic imine (C=N–C) groups is 1. The summed E-state index contributed by atoms with van der Waals surface area (Å²) in [7, 11) is 1.64. The summed E-state index contributed by atoms with van der Waals surface area (Å²) >= 11 is 0. The summed E-state index contributed by atoms with van der Waals surface area (Å²) in [5.41, 5.74) is 3.17. The first-order valence-corrected chi connectivity index (χ1v) is 7.39. The van der Waals surface area contributed by atoms with Crippen LogP contribution in [0.15, 0.2) is 47.5 Å². The van der Waals surface area contributed by atoms with Crippen LogP contribution in [0.1, 0.15) is 35.6 Å². The molecule has 0 fully saturated rings. The Morgan fingerprint density at radius 3 is 2.52 bits per heavy atom. The minimum absolute atomic E-state index is 0.252. The van der Waals surface area contributed by atoms with E-state index in [0.717, 1.165) is 23.1 Å². The lowest BCUT2D eigenvalue weighted by Gasteiger charge is -2.29. The number of ether oxygens (including phenoxy) is 1. The minimum Gasteiger partial charge on any atom is -0.361 e. The average molecular weight is 310 g/mol. The molecule has 1 heterocycles. The highest BCUT2D eigenvalue weighted by Crippen LogP contribution is 2.44. The van der Waals surface area contributed by atoms with Gasteiger partial charge in [-0.2, -0.15) is 5.26 Å². The van der Waals surface area contributed by atoms with Gasteiger partial charge in [0.15, 0.2) is 0 Å². The third kappa shape index (κ3) is 3.15. The summed E-state index contributed by atoms with van der Waals surface area (Å²) in [4.78, 5) is 3.25. The number of hydrogen-bond acceptors (Lipinski definition) is 3. The van der Waals surface area contributed by atoms with Gasteiger partial charge >= 0.3 is 0 Å². The number of benzene rings is 2. The van der Waals surface area contributed by atoms with Crippen LogP contribution in [0.3, 0.4) is 0 Å². The summed E-state index contributed by atoms with van der Waals surface area (Å²) in [6.45, 7) is 5.65. The van der Waals surface area contributed by atoms with E-state index >= 15 is 0 Å². The van der Waals surface area contributed by atoms with Gasteiger partial charge in [-0.05, 0) is 54.1 Å². The molecule has 3 nitrogen and oxygen atoms in total. The smallest absolute Gasteiger partial charge is 0.123 e. The van der Waals surface area contributed by atoms with E-state index < -0.39 is 5.60 Å². The van der Waals surface area contributed by atoms with Gasteiger partial charge in [-0.25, -0.2) is 4.39 Å². The van der Waals surface area contributed by atoms with Gasteiger partial charge < -0.3 is 9.73 Å². The standard InChI is InChI=1S/C17H14FNO.C2H5N/c1-2-17(14-4-6-15(18)7-5-14)16-8-3-12(10-19)9-13(16)11-20-17;1-3-2/h3-9H,2,11H2,1H3;1H2,2H3. The fourth-order valence-corrected chi connectivity index (χ4v) is 2.91. The maximum absolute atomic E-state index is 13.1. The molecule has 0 radical (unpaired) electrons. The molecule has 2 aromatic rings. The molecule has 1 atom stereocenters. The lowest BCUT2D eigenvalue weighted by Crippen LogP contribution is -2.25. The van der Waals surface area contributed by atoms with Crippen LogP contribution < -0.4 is 0 Å². The van der Waals surface area contributed by atoms with Crippen molar-refractivity contribution in [3.05, 3.63) is 70.5 Å². The molecule has 3 rings (SSSR count). The Hall–Kier alpha value is -2.51. The zero-order valence-corrected chi connectivity index (χ0v) is 13.3. The van der Waals surface area contributed by atoms with E-state index in [9.17, 15) is 4.39 Å². The lowest BCUT2D eigenvalue weighted by atomic mass is 9.83. The minimum atomic E-state index is -0.531. The summed E-state index contributed by atoms with van der Waals surface area (Å²) in [6, 6.07) is 14.2. The van der Waals surface area contributed by atoms with Gasteiger partial charge in [0.05, 0.1) is 18.2 Å². The quantitative estimate of drug-likeness (QED) is 0.780. The van der Waals surface area contributed by atoms with Crippen molar-refractivity contribution in [2.24, 2.45) is 4.99 Å². The molecule has 1 aliphatic heterocycles. The van der Waals surface area contributed by atoms with Crippen LogP contribution in [0.2, 0.25) is 0 Å². The van der Waals surface area contributed by atoms with E-state index in [1.54, 1.807) is 25.2 Å². The highest BCUT2D eigenvalue weighted by molar-refractivity contribution is 5.47. The predicted molar refractivity (Wildman–Crippen MR) is 88.9 cm³/mol. The van der Waals surface area contributed by atoms with E-state index in [0.29, 0.717) is 12.2 Å². The molecule has 0 bridgehead atoms. The van der Waals surface area contributed by atoms with E-state index in [4.69, 9.17) is 10.00 Å². The number of fused-ring (bicyclic) bond motifs is 1. The molecule has 0 N–H and O–H groups in total. The Labute approximate surface area is 136 Å². The first-order valence-electron chi connectivity index (χ1n) is 7.39. The normalized spacial score (nSPS) is 18.3. The van der Waals surface area contributed by atoms with Crippen LogP contribution >= 0.6 is 0 Å². The SMILES string of the molecule is C=NC.CCC1(c2ccc(F)cc2)OCc2cc(C#N)ccc21. The third-order valence-corrected chi connectivity index (χ3v) is 3.95. The van der Waals surface area contributed by atoms with Crippen molar-refractivity contribution in [1.82, 2.24) is 0 Å². The van der Waals surface area contributed by atoms with E-state index in [-0.39, 0.29) is 5.82 Å². The highest BCUT2D eigenvalue weighted by Gasteiger charge is 2.40. The van der Waals surface area contributed by atoms with Crippen molar-refractivity contribution in [3.8, 4) is 6.07 Å². The van der Waals surface area contributed by atoms with Crippen molar-refractivity contribution in [3.63, 3.8) is 0 Å². The lowest BCUT2D eigenvalue weighted by molar-refractivity contribution is -0.00807. The van der Waals surface area contributed by atoms with E-state index in [1.165, 1.54) is 12.1 Å². The van der Waals surface area contributed by atoms with Crippen LogP contribution in [0.5, 0.6) is 0 Å². The van der Waals surface area contributed by atoms with Gasteiger partial charge in [-0.1, -0.05) is 25.1 Å². The van der Waals surface area contributed by atoms with Crippen molar-refractivity contribution >= 4 is 6.72 Å². The van der Waals surface area contributed by atoms with Crippen LogP contribution in [-0.4, -0.2) is 13.8 Å². The molecule has 23 heavy (non-hydrogen) atoms. The monoisotopic (exact) mass is 310 g/mol. The Balaban J connectivity index is 0.000000595. The first kappa shape index (κ1) is 16.9. The van der Waals surface area contributed by atoms with Gasteiger partial charge in [0.1, 0.15) is 11.4 Å². The molecular formula is C19H19FN2O. The molecule has 0 amide bonds. The van der Waals surface area contributed by atoms with Gasteiger partial charge in [0.25, 0.3) is 0 Å². The molecular weight excluding hydrogens is 291 g/mol. The molecule has 0 spiro atoms. The van der Waals surface area contributed by atoms with Crippen molar-refractivity contribution < 1.29 is 9.13 Å². The summed E-state index contributed by atoms with van der Waals surface area (Å²) in [5, 5.41) is 8.97. The zero-order chi connectivity index (χ0) is 16.9. The molecule has 118 valence electrons. The average Bonchev–Trinajstić information content (AvgIpc) is 2.95. The molecule has 0 saturated carbocycles. The molecule has 4 heteroatoms. The van der Waals surface area contributed by atoms with E-state index in [1.807, 2.05) is 12.1 Å². The summed E-state index contributed by atoms with van der Waals surface area (Å²) < 4.78 is 19.2. The number of nitrogens with zero attached hydrogens (tertiary/aromatic N) is 2. The Morgan fingerprint density at radius 1 is 1.30 bits per heavy atom. The molecule has 1 unspecified atom stereocenters. The summed E-state index contributed by atoms with van der Waals surface area (Å²) in [5.74, 6) is -0.252. The predicted octanol–water partition coefficient (Wildman–Crippen LogP) is 4.20.